The number of amides is 1. The summed E-state index contributed by atoms with van der Waals surface area (Å²) in [7, 11) is 5.58. The van der Waals surface area contributed by atoms with Crippen LogP contribution in [0, 0.1) is 0 Å². The average molecular weight is 512 g/mol. The number of rotatable bonds is 8. The number of alkyl halides is 3. The van der Waals surface area contributed by atoms with Crippen LogP contribution in [0.4, 0.5) is 24.5 Å². The molecule has 0 fully saturated rings. The Balaban J connectivity index is 1.58. The van der Waals surface area contributed by atoms with Gasteiger partial charge in [-0.2, -0.15) is 13.2 Å². The first-order valence-electron chi connectivity index (χ1n) is 11.6. The Morgan fingerprint density at radius 2 is 1.92 bits per heavy atom. The number of anilines is 2. The number of imidazole rings is 1. The fourth-order valence-electron chi connectivity index (χ4n) is 3.98. The Morgan fingerprint density at radius 3 is 2.65 bits per heavy atom. The summed E-state index contributed by atoms with van der Waals surface area (Å²) in [6.07, 6.45) is -2.31. The fraction of sp³-hybridized carbons (Fsp3) is 0.259. The largest absolute Gasteiger partial charge is 0.491 e. The number of carbonyl (C=O) groups is 1. The zero-order chi connectivity index (χ0) is 26.7. The van der Waals surface area contributed by atoms with Crippen LogP contribution in [0.25, 0.3) is 22.2 Å². The molecule has 0 saturated carbocycles. The molecule has 4 aromatic rings. The lowest BCUT2D eigenvalue weighted by molar-refractivity contribution is -0.137. The van der Waals surface area contributed by atoms with Gasteiger partial charge in [0.15, 0.2) is 0 Å². The van der Waals surface area contributed by atoms with Crippen LogP contribution in [0.1, 0.15) is 22.3 Å². The molecule has 37 heavy (non-hydrogen) atoms. The molecule has 0 saturated heterocycles. The standard InChI is InChI=1S/C27H28F3N5O2/c1-34(2)10-5-11-37-25-13-18(8-9-22(25)31)26(36)33-19-7-4-6-17(12-19)20-14-23-24(35(3)16-32-23)15-21(20)27(28,29)30/h4,6-9,12-16H,5,10-11,31H2,1-3H3,(H,33,36). The molecule has 10 heteroatoms. The molecule has 0 atom stereocenters. The lowest BCUT2D eigenvalue weighted by Gasteiger charge is -2.15. The molecular weight excluding hydrogens is 483 g/mol. The highest BCUT2D eigenvalue weighted by Gasteiger charge is 2.34. The van der Waals surface area contributed by atoms with Crippen molar-refractivity contribution >= 4 is 28.3 Å². The number of aryl methyl sites for hydroxylation is 1. The maximum Gasteiger partial charge on any atom is 0.417 e. The summed E-state index contributed by atoms with van der Waals surface area (Å²) < 4.78 is 49.1. The van der Waals surface area contributed by atoms with Gasteiger partial charge in [-0.05, 0) is 74.1 Å². The summed E-state index contributed by atoms with van der Waals surface area (Å²) in [6.45, 7) is 1.29. The van der Waals surface area contributed by atoms with Gasteiger partial charge >= 0.3 is 6.18 Å². The van der Waals surface area contributed by atoms with Crippen molar-refractivity contribution in [2.24, 2.45) is 7.05 Å². The van der Waals surface area contributed by atoms with Crippen LogP contribution < -0.4 is 15.8 Å². The highest BCUT2D eigenvalue weighted by Crippen LogP contribution is 2.40. The monoisotopic (exact) mass is 511 g/mol. The minimum atomic E-state index is -4.57. The summed E-state index contributed by atoms with van der Waals surface area (Å²) in [5.74, 6) is -0.0369. The topological polar surface area (TPSA) is 85.4 Å². The van der Waals surface area contributed by atoms with Gasteiger partial charge in [0.25, 0.3) is 5.91 Å². The van der Waals surface area contributed by atoms with Crippen molar-refractivity contribution in [1.82, 2.24) is 14.5 Å². The number of nitrogen functional groups attached to an aromatic ring is 1. The van der Waals surface area contributed by atoms with Gasteiger partial charge in [-0.3, -0.25) is 4.79 Å². The number of nitrogens with one attached hydrogen (secondary N) is 1. The third-order valence-corrected chi connectivity index (χ3v) is 5.88. The van der Waals surface area contributed by atoms with Crippen molar-refractivity contribution in [2.45, 2.75) is 12.6 Å². The fourth-order valence-corrected chi connectivity index (χ4v) is 3.98. The highest BCUT2D eigenvalue weighted by atomic mass is 19.4. The lowest BCUT2D eigenvalue weighted by Crippen LogP contribution is -2.16. The van der Waals surface area contributed by atoms with E-state index in [9.17, 15) is 18.0 Å². The summed E-state index contributed by atoms with van der Waals surface area (Å²) in [4.78, 5) is 19.2. The predicted molar refractivity (Wildman–Crippen MR) is 139 cm³/mol. The number of hydrogen-bond donors (Lipinski definition) is 2. The summed E-state index contributed by atoms with van der Waals surface area (Å²) in [5, 5.41) is 2.75. The van der Waals surface area contributed by atoms with Gasteiger partial charge in [-0.25, -0.2) is 4.98 Å². The second kappa shape index (κ2) is 10.5. The van der Waals surface area contributed by atoms with E-state index in [0.717, 1.165) is 19.0 Å². The molecule has 1 amide bonds. The molecule has 3 N–H and O–H groups in total. The van der Waals surface area contributed by atoms with Crippen LogP contribution in [0.3, 0.4) is 0 Å². The zero-order valence-corrected chi connectivity index (χ0v) is 20.8. The molecule has 194 valence electrons. The van der Waals surface area contributed by atoms with Crippen molar-refractivity contribution in [3.05, 3.63) is 72.1 Å². The van der Waals surface area contributed by atoms with Crippen molar-refractivity contribution < 1.29 is 22.7 Å². The Bertz CT molecular complexity index is 1430. The molecule has 0 bridgehead atoms. The van der Waals surface area contributed by atoms with E-state index in [0.29, 0.717) is 45.9 Å². The number of fused-ring (bicyclic) bond motifs is 1. The Labute approximate surface area is 212 Å². The summed E-state index contributed by atoms with van der Waals surface area (Å²) in [6, 6.07) is 13.5. The van der Waals surface area contributed by atoms with Crippen LogP contribution in [-0.2, 0) is 13.2 Å². The minimum Gasteiger partial charge on any atom is -0.491 e. The van der Waals surface area contributed by atoms with Gasteiger partial charge in [0, 0.05) is 24.8 Å². The van der Waals surface area contributed by atoms with E-state index in [1.807, 2.05) is 19.0 Å². The number of aromatic nitrogens is 2. The molecule has 0 aliphatic heterocycles. The number of ether oxygens (including phenoxy) is 1. The van der Waals surface area contributed by atoms with E-state index < -0.39 is 17.6 Å². The molecule has 1 heterocycles. The molecule has 0 radical (unpaired) electrons. The first-order chi connectivity index (χ1) is 17.5. The highest BCUT2D eigenvalue weighted by molar-refractivity contribution is 6.05. The van der Waals surface area contributed by atoms with Crippen LogP contribution in [0.5, 0.6) is 5.75 Å². The van der Waals surface area contributed by atoms with E-state index in [-0.39, 0.29) is 5.56 Å². The summed E-state index contributed by atoms with van der Waals surface area (Å²) in [5.41, 5.74) is 7.40. The van der Waals surface area contributed by atoms with E-state index in [1.165, 1.54) is 23.0 Å². The molecule has 7 nitrogen and oxygen atoms in total. The molecule has 0 aliphatic carbocycles. The Kier molecular flexibility index (Phi) is 7.40. The van der Waals surface area contributed by atoms with Gasteiger partial charge in [0.1, 0.15) is 5.75 Å². The van der Waals surface area contributed by atoms with E-state index in [1.54, 1.807) is 43.4 Å². The van der Waals surface area contributed by atoms with Crippen LogP contribution in [-0.4, -0.2) is 47.6 Å². The molecular formula is C27H28F3N5O2. The molecule has 4 rings (SSSR count). The van der Waals surface area contributed by atoms with Crippen molar-refractivity contribution in [3.63, 3.8) is 0 Å². The maximum absolute atomic E-state index is 13.9. The molecule has 0 unspecified atom stereocenters. The zero-order valence-electron chi connectivity index (χ0n) is 20.8. The van der Waals surface area contributed by atoms with E-state index in [2.05, 4.69) is 10.3 Å². The van der Waals surface area contributed by atoms with E-state index >= 15 is 0 Å². The second-order valence-corrected chi connectivity index (χ2v) is 9.03. The molecule has 3 aromatic carbocycles. The number of carbonyl (C=O) groups excluding carboxylic acids is 1. The quantitative estimate of drug-likeness (QED) is 0.244. The smallest absolute Gasteiger partial charge is 0.417 e. The Hall–Kier alpha value is -4.05. The number of benzene rings is 3. The molecule has 0 spiro atoms. The Morgan fingerprint density at radius 1 is 1.14 bits per heavy atom. The van der Waals surface area contributed by atoms with Crippen molar-refractivity contribution in [1.29, 1.82) is 0 Å². The maximum atomic E-state index is 13.9. The number of halogens is 3. The van der Waals surface area contributed by atoms with Gasteiger partial charge in [0.2, 0.25) is 0 Å². The van der Waals surface area contributed by atoms with Crippen molar-refractivity contribution in [3.8, 4) is 16.9 Å². The lowest BCUT2D eigenvalue weighted by atomic mass is 9.98. The predicted octanol–water partition coefficient (Wildman–Crippen LogP) is 5.42. The molecule has 0 aliphatic rings. The third-order valence-electron chi connectivity index (χ3n) is 5.88. The van der Waals surface area contributed by atoms with Crippen molar-refractivity contribution in [2.75, 3.05) is 38.3 Å². The first kappa shape index (κ1) is 26.0. The van der Waals surface area contributed by atoms with Crippen LogP contribution in [0.15, 0.2) is 60.9 Å². The summed E-state index contributed by atoms with van der Waals surface area (Å²) >= 11 is 0. The van der Waals surface area contributed by atoms with Gasteiger partial charge in [-0.1, -0.05) is 12.1 Å². The minimum absolute atomic E-state index is 0.0179. The number of hydrogen-bond acceptors (Lipinski definition) is 5. The number of nitrogens with two attached hydrogens (primary N) is 1. The van der Waals surface area contributed by atoms with Gasteiger partial charge < -0.3 is 25.3 Å². The first-order valence-corrected chi connectivity index (χ1v) is 11.6. The molecule has 1 aromatic heterocycles. The van der Waals surface area contributed by atoms with Crippen LogP contribution >= 0.6 is 0 Å². The van der Waals surface area contributed by atoms with Gasteiger partial charge in [-0.15, -0.1) is 0 Å². The average Bonchev–Trinajstić information content (AvgIpc) is 3.21. The van der Waals surface area contributed by atoms with Gasteiger partial charge in [0.05, 0.1) is 35.2 Å². The second-order valence-electron chi connectivity index (χ2n) is 9.03. The number of nitrogens with zero attached hydrogens (tertiary/aromatic N) is 3. The SMILES string of the molecule is CN(C)CCCOc1cc(C(=O)Nc2cccc(-c3cc4ncn(C)c4cc3C(F)(F)F)c2)ccc1N. The van der Waals surface area contributed by atoms with E-state index in [4.69, 9.17) is 10.5 Å². The third kappa shape index (κ3) is 6.03. The normalized spacial score (nSPS) is 11.8. The van der Waals surface area contributed by atoms with Crippen LogP contribution in [0.2, 0.25) is 0 Å².